The van der Waals surface area contributed by atoms with Gasteiger partial charge in [0.05, 0.1) is 16.1 Å². The minimum atomic E-state index is -0.0515. The number of likely N-dealkylation sites (tertiary alicyclic amines) is 1. The van der Waals surface area contributed by atoms with E-state index < -0.39 is 0 Å². The van der Waals surface area contributed by atoms with Gasteiger partial charge in [0.2, 0.25) is 0 Å². The third kappa shape index (κ3) is 2.87. The number of H-pyrrole nitrogens is 1. The van der Waals surface area contributed by atoms with E-state index in [2.05, 4.69) is 23.7 Å². The molecule has 21 heavy (non-hydrogen) atoms. The summed E-state index contributed by atoms with van der Waals surface area (Å²) in [6.07, 6.45) is 2.28. The van der Waals surface area contributed by atoms with E-state index >= 15 is 0 Å². The smallest absolute Gasteiger partial charge is 0.305 e. The summed E-state index contributed by atoms with van der Waals surface area (Å²) >= 11 is 6.27. The second-order valence-corrected chi connectivity index (χ2v) is 6.66. The number of imidazole rings is 1. The van der Waals surface area contributed by atoms with Gasteiger partial charge in [0.25, 0.3) is 0 Å². The molecule has 0 amide bonds. The number of para-hydroxylation sites is 1. The molecule has 1 aromatic heterocycles. The highest BCUT2D eigenvalue weighted by Gasteiger charge is 2.22. The summed E-state index contributed by atoms with van der Waals surface area (Å²) in [6, 6.07) is 6.22. The Morgan fingerprint density at radius 1 is 1.33 bits per heavy atom. The number of aromatic amines is 1. The molecular weight excluding hydrogens is 286 g/mol. The molecule has 1 N–H and O–H groups in total. The molecule has 1 aliphatic rings. The van der Waals surface area contributed by atoms with Gasteiger partial charge in [0.1, 0.15) is 0 Å². The Kier molecular flexibility index (Phi) is 4.09. The van der Waals surface area contributed by atoms with Crippen molar-refractivity contribution in [2.75, 3.05) is 13.1 Å². The molecule has 0 saturated carbocycles. The molecule has 0 radical (unpaired) electrons. The standard InChI is InChI=1S/C16H22ClN3O/c1-11(2)19-8-6-12(7-9-19)10-20-15-13(17)4-3-5-14(15)18-16(20)21/h3-5,11-12H,6-10H2,1-2H3,(H,18,21). The highest BCUT2D eigenvalue weighted by Crippen LogP contribution is 2.25. The zero-order chi connectivity index (χ0) is 15.0. The second-order valence-electron chi connectivity index (χ2n) is 6.25. The van der Waals surface area contributed by atoms with Crippen LogP contribution in [0.3, 0.4) is 0 Å². The lowest BCUT2D eigenvalue weighted by Gasteiger charge is -2.34. The Balaban J connectivity index is 1.80. The third-order valence-corrected chi connectivity index (χ3v) is 4.87. The van der Waals surface area contributed by atoms with Crippen LogP contribution in [0.2, 0.25) is 5.02 Å². The molecule has 4 nitrogen and oxygen atoms in total. The molecule has 114 valence electrons. The first kappa shape index (κ1) is 14.7. The fraction of sp³-hybridized carbons (Fsp3) is 0.562. The average molecular weight is 308 g/mol. The van der Waals surface area contributed by atoms with Crippen LogP contribution >= 0.6 is 11.6 Å². The molecule has 0 unspecified atom stereocenters. The minimum Gasteiger partial charge on any atom is -0.305 e. The number of fused-ring (bicyclic) bond motifs is 1. The van der Waals surface area contributed by atoms with Crippen LogP contribution in [0.25, 0.3) is 11.0 Å². The van der Waals surface area contributed by atoms with Gasteiger partial charge in [-0.3, -0.25) is 4.57 Å². The predicted molar refractivity (Wildman–Crippen MR) is 87.0 cm³/mol. The number of hydrogen-bond donors (Lipinski definition) is 1. The van der Waals surface area contributed by atoms with Gasteiger partial charge in [0, 0.05) is 12.6 Å². The molecule has 1 fully saturated rings. The fourth-order valence-corrected chi connectivity index (χ4v) is 3.54. The molecule has 5 heteroatoms. The van der Waals surface area contributed by atoms with Crippen LogP contribution < -0.4 is 5.69 Å². The lowest BCUT2D eigenvalue weighted by molar-refractivity contribution is 0.142. The molecule has 0 aliphatic carbocycles. The van der Waals surface area contributed by atoms with Crippen LogP contribution in [0, 0.1) is 5.92 Å². The summed E-state index contributed by atoms with van der Waals surface area (Å²) in [5, 5.41) is 0.644. The lowest BCUT2D eigenvalue weighted by atomic mass is 9.96. The number of rotatable bonds is 3. The van der Waals surface area contributed by atoms with Crippen molar-refractivity contribution in [1.82, 2.24) is 14.5 Å². The normalized spacial score (nSPS) is 17.9. The molecule has 0 bridgehead atoms. The van der Waals surface area contributed by atoms with Gasteiger partial charge in [-0.15, -0.1) is 0 Å². The number of halogens is 1. The highest BCUT2D eigenvalue weighted by molar-refractivity contribution is 6.34. The van der Waals surface area contributed by atoms with E-state index in [1.165, 1.54) is 0 Å². The predicted octanol–water partition coefficient (Wildman–Crippen LogP) is 3.10. The average Bonchev–Trinajstić information content (AvgIpc) is 2.77. The molecule has 1 aliphatic heterocycles. The number of benzene rings is 1. The van der Waals surface area contributed by atoms with Gasteiger partial charge in [-0.25, -0.2) is 4.79 Å². The quantitative estimate of drug-likeness (QED) is 0.946. The number of aromatic nitrogens is 2. The van der Waals surface area contributed by atoms with Crippen molar-refractivity contribution in [2.24, 2.45) is 5.92 Å². The van der Waals surface area contributed by atoms with Gasteiger partial charge >= 0.3 is 5.69 Å². The monoisotopic (exact) mass is 307 g/mol. The van der Waals surface area contributed by atoms with E-state index in [1.807, 2.05) is 22.8 Å². The summed E-state index contributed by atoms with van der Waals surface area (Å²) in [5.41, 5.74) is 1.62. The van der Waals surface area contributed by atoms with Crippen molar-refractivity contribution in [3.63, 3.8) is 0 Å². The van der Waals surface area contributed by atoms with Gasteiger partial charge in [0.15, 0.2) is 0 Å². The van der Waals surface area contributed by atoms with E-state index in [9.17, 15) is 4.79 Å². The Hall–Kier alpha value is -1.26. The Bertz CT molecular complexity index is 680. The Morgan fingerprint density at radius 3 is 2.71 bits per heavy atom. The minimum absolute atomic E-state index is 0.0515. The molecule has 2 aromatic rings. The number of nitrogens with zero attached hydrogens (tertiary/aromatic N) is 2. The third-order valence-electron chi connectivity index (χ3n) is 4.56. The van der Waals surface area contributed by atoms with Crippen molar-refractivity contribution >= 4 is 22.6 Å². The van der Waals surface area contributed by atoms with E-state index in [0.717, 1.165) is 43.5 Å². The first-order valence-electron chi connectivity index (χ1n) is 7.67. The van der Waals surface area contributed by atoms with Gasteiger partial charge in [-0.2, -0.15) is 0 Å². The molecular formula is C16H22ClN3O. The number of piperidine rings is 1. The van der Waals surface area contributed by atoms with Gasteiger partial charge < -0.3 is 9.88 Å². The highest BCUT2D eigenvalue weighted by atomic mass is 35.5. The topological polar surface area (TPSA) is 41.0 Å². The van der Waals surface area contributed by atoms with Crippen LogP contribution in [0.4, 0.5) is 0 Å². The van der Waals surface area contributed by atoms with Crippen molar-refractivity contribution in [3.05, 3.63) is 33.7 Å². The summed E-state index contributed by atoms with van der Waals surface area (Å²) in [7, 11) is 0. The van der Waals surface area contributed by atoms with E-state index in [1.54, 1.807) is 0 Å². The number of nitrogens with one attached hydrogen (secondary N) is 1. The molecule has 0 spiro atoms. The van der Waals surface area contributed by atoms with Gasteiger partial charge in [-0.1, -0.05) is 17.7 Å². The maximum Gasteiger partial charge on any atom is 0.326 e. The zero-order valence-electron chi connectivity index (χ0n) is 12.6. The van der Waals surface area contributed by atoms with Crippen LogP contribution in [-0.2, 0) is 6.54 Å². The van der Waals surface area contributed by atoms with Crippen molar-refractivity contribution in [2.45, 2.75) is 39.3 Å². The fourth-order valence-electron chi connectivity index (χ4n) is 3.26. The summed E-state index contributed by atoms with van der Waals surface area (Å²) in [6.45, 7) is 7.48. The summed E-state index contributed by atoms with van der Waals surface area (Å²) < 4.78 is 1.81. The summed E-state index contributed by atoms with van der Waals surface area (Å²) in [5.74, 6) is 0.549. The van der Waals surface area contributed by atoms with Crippen LogP contribution in [0.1, 0.15) is 26.7 Å². The van der Waals surface area contributed by atoms with E-state index in [4.69, 9.17) is 11.6 Å². The van der Waals surface area contributed by atoms with E-state index in [0.29, 0.717) is 17.0 Å². The lowest BCUT2D eigenvalue weighted by Crippen LogP contribution is -2.39. The van der Waals surface area contributed by atoms with Crippen molar-refractivity contribution < 1.29 is 0 Å². The molecule has 1 aromatic carbocycles. The maximum absolute atomic E-state index is 12.2. The Morgan fingerprint density at radius 2 is 2.05 bits per heavy atom. The zero-order valence-corrected chi connectivity index (χ0v) is 13.4. The first-order chi connectivity index (χ1) is 10.1. The molecule has 0 atom stereocenters. The molecule has 2 heterocycles. The van der Waals surface area contributed by atoms with Crippen LogP contribution in [0.5, 0.6) is 0 Å². The number of hydrogen-bond acceptors (Lipinski definition) is 2. The summed E-state index contributed by atoms with van der Waals surface area (Å²) in [4.78, 5) is 17.6. The van der Waals surface area contributed by atoms with Gasteiger partial charge in [-0.05, 0) is 57.8 Å². The Labute approximate surface area is 129 Å². The molecule has 3 rings (SSSR count). The van der Waals surface area contributed by atoms with Crippen LogP contribution in [0.15, 0.2) is 23.0 Å². The first-order valence-corrected chi connectivity index (χ1v) is 8.05. The SMILES string of the molecule is CC(C)N1CCC(Cn2c(=O)[nH]c3cccc(Cl)c32)CC1. The maximum atomic E-state index is 12.2. The van der Waals surface area contributed by atoms with Crippen molar-refractivity contribution in [3.8, 4) is 0 Å². The van der Waals surface area contributed by atoms with E-state index in [-0.39, 0.29) is 5.69 Å². The van der Waals surface area contributed by atoms with Crippen LogP contribution in [-0.4, -0.2) is 33.6 Å². The molecule has 1 saturated heterocycles. The second kappa shape index (κ2) is 5.85. The largest absolute Gasteiger partial charge is 0.326 e. The van der Waals surface area contributed by atoms with Crippen molar-refractivity contribution in [1.29, 1.82) is 0 Å².